The van der Waals surface area contributed by atoms with Gasteiger partial charge in [0, 0.05) is 18.6 Å². The van der Waals surface area contributed by atoms with Gasteiger partial charge in [-0.05, 0) is 13.0 Å². The topological polar surface area (TPSA) is 88.0 Å². The number of hydrogen-bond acceptors (Lipinski definition) is 5. The third-order valence-electron chi connectivity index (χ3n) is 2.47. The second-order valence-corrected chi connectivity index (χ2v) is 3.83. The number of imidazole rings is 1. The number of nitrogens with two attached hydrogens (primary N) is 1. The average molecular weight is 249 g/mol. The first-order valence-corrected chi connectivity index (χ1v) is 5.57. The lowest BCUT2D eigenvalue weighted by Crippen LogP contribution is -2.17. The number of nitrogens with zero attached hydrogens (tertiary/aromatic N) is 4. The zero-order valence-corrected chi connectivity index (χ0v) is 10.1. The summed E-state index contributed by atoms with van der Waals surface area (Å²) in [5, 5.41) is 3.90. The number of aryl methyl sites for hydroxylation is 1. The molecule has 2 aromatic heterocycles. The van der Waals surface area contributed by atoms with Crippen LogP contribution in [0.25, 0.3) is 0 Å². The molecule has 2 N–H and O–H groups in total. The molecule has 0 spiro atoms. The molecule has 2 rings (SSSR count). The number of rotatable bonds is 5. The van der Waals surface area contributed by atoms with Crippen LogP contribution in [-0.2, 0) is 22.6 Å². The molecule has 0 fully saturated rings. The van der Waals surface area contributed by atoms with Gasteiger partial charge < -0.3 is 15.0 Å². The summed E-state index contributed by atoms with van der Waals surface area (Å²) in [6.45, 7) is 2.88. The maximum absolute atomic E-state index is 11.5. The van der Waals surface area contributed by atoms with Crippen LogP contribution in [0, 0.1) is 6.92 Å². The molecule has 0 aliphatic rings. The molecule has 0 unspecified atom stereocenters. The van der Waals surface area contributed by atoms with E-state index in [2.05, 4.69) is 10.1 Å². The van der Waals surface area contributed by atoms with Crippen molar-refractivity contribution in [1.82, 2.24) is 19.3 Å². The molecule has 0 aromatic carbocycles. The summed E-state index contributed by atoms with van der Waals surface area (Å²) in [5.74, 6) is 0.943. The summed E-state index contributed by atoms with van der Waals surface area (Å²) in [7, 11) is 0. The number of esters is 1. The van der Waals surface area contributed by atoms with E-state index in [4.69, 9.17) is 10.5 Å². The number of carbonyl (C=O) groups is 1. The van der Waals surface area contributed by atoms with Crippen molar-refractivity contribution in [2.45, 2.75) is 20.0 Å². The van der Waals surface area contributed by atoms with Crippen LogP contribution in [0.3, 0.4) is 0 Å². The first-order chi connectivity index (χ1) is 8.65. The van der Waals surface area contributed by atoms with Crippen LogP contribution in [0.15, 0.2) is 24.7 Å². The van der Waals surface area contributed by atoms with E-state index in [0.717, 1.165) is 5.82 Å². The SMILES string of the molecule is Cc1nccn1CCOC(=O)Cn1ccc(N)n1. The molecular formula is C11H15N5O2. The van der Waals surface area contributed by atoms with E-state index in [-0.39, 0.29) is 12.5 Å². The zero-order chi connectivity index (χ0) is 13.0. The molecule has 0 aliphatic carbocycles. The Morgan fingerprint density at radius 2 is 2.33 bits per heavy atom. The molecule has 0 atom stereocenters. The van der Waals surface area contributed by atoms with Crippen molar-refractivity contribution >= 4 is 11.8 Å². The molecule has 0 saturated heterocycles. The molecule has 2 heterocycles. The van der Waals surface area contributed by atoms with Crippen LogP contribution in [0.1, 0.15) is 5.82 Å². The molecule has 96 valence electrons. The fourth-order valence-corrected chi connectivity index (χ4v) is 1.54. The highest BCUT2D eigenvalue weighted by molar-refractivity contribution is 5.69. The highest BCUT2D eigenvalue weighted by atomic mass is 16.5. The molecule has 0 radical (unpaired) electrons. The molecule has 0 aliphatic heterocycles. The van der Waals surface area contributed by atoms with Crippen molar-refractivity contribution in [1.29, 1.82) is 0 Å². The van der Waals surface area contributed by atoms with Crippen LogP contribution in [0.5, 0.6) is 0 Å². The first-order valence-electron chi connectivity index (χ1n) is 5.57. The van der Waals surface area contributed by atoms with Crippen LogP contribution >= 0.6 is 0 Å². The van der Waals surface area contributed by atoms with E-state index in [1.54, 1.807) is 18.5 Å². The molecular weight excluding hydrogens is 234 g/mol. The fraction of sp³-hybridized carbons (Fsp3) is 0.364. The molecule has 2 aromatic rings. The number of aromatic nitrogens is 4. The monoisotopic (exact) mass is 249 g/mol. The molecule has 0 saturated carbocycles. The maximum atomic E-state index is 11.5. The predicted octanol–water partition coefficient (Wildman–Crippen LogP) is 0.214. The Bertz CT molecular complexity index is 531. The van der Waals surface area contributed by atoms with E-state index < -0.39 is 0 Å². The van der Waals surface area contributed by atoms with Gasteiger partial charge in [-0.1, -0.05) is 0 Å². The average Bonchev–Trinajstić information content (AvgIpc) is 2.89. The zero-order valence-electron chi connectivity index (χ0n) is 10.1. The van der Waals surface area contributed by atoms with Crippen molar-refractivity contribution in [3.63, 3.8) is 0 Å². The van der Waals surface area contributed by atoms with Gasteiger partial charge in [0.05, 0.1) is 6.54 Å². The first kappa shape index (κ1) is 12.2. The van der Waals surface area contributed by atoms with Gasteiger partial charge in [-0.2, -0.15) is 5.10 Å². The van der Waals surface area contributed by atoms with Crippen molar-refractivity contribution in [3.05, 3.63) is 30.5 Å². The molecule has 18 heavy (non-hydrogen) atoms. The number of ether oxygens (including phenoxy) is 1. The lowest BCUT2D eigenvalue weighted by Gasteiger charge is -2.06. The lowest BCUT2D eigenvalue weighted by molar-refractivity contribution is -0.144. The van der Waals surface area contributed by atoms with Crippen LogP contribution in [-0.4, -0.2) is 31.9 Å². The minimum absolute atomic E-state index is 0.0696. The van der Waals surface area contributed by atoms with Crippen LogP contribution in [0.2, 0.25) is 0 Å². The Morgan fingerprint density at radius 3 is 2.94 bits per heavy atom. The smallest absolute Gasteiger partial charge is 0.327 e. The van der Waals surface area contributed by atoms with Crippen LogP contribution < -0.4 is 5.73 Å². The number of anilines is 1. The largest absolute Gasteiger partial charge is 0.462 e. The predicted molar refractivity (Wildman–Crippen MR) is 64.6 cm³/mol. The van der Waals surface area contributed by atoms with Gasteiger partial charge in [-0.15, -0.1) is 0 Å². The summed E-state index contributed by atoms with van der Waals surface area (Å²) >= 11 is 0. The lowest BCUT2D eigenvalue weighted by atomic mass is 10.6. The van der Waals surface area contributed by atoms with Gasteiger partial charge in [0.2, 0.25) is 0 Å². The second kappa shape index (κ2) is 5.35. The highest BCUT2D eigenvalue weighted by Gasteiger charge is 2.05. The van der Waals surface area contributed by atoms with Gasteiger partial charge in [-0.25, -0.2) is 4.98 Å². The normalized spacial score (nSPS) is 10.5. The Balaban J connectivity index is 1.74. The van der Waals surface area contributed by atoms with Crippen molar-refractivity contribution in [3.8, 4) is 0 Å². The summed E-state index contributed by atoms with van der Waals surface area (Å²) in [5.41, 5.74) is 5.44. The number of carbonyl (C=O) groups excluding carboxylic acids is 1. The van der Waals surface area contributed by atoms with E-state index >= 15 is 0 Å². The number of nitrogen functional groups attached to an aromatic ring is 1. The Kier molecular flexibility index (Phi) is 3.61. The van der Waals surface area contributed by atoms with E-state index in [1.807, 2.05) is 17.7 Å². The van der Waals surface area contributed by atoms with Gasteiger partial charge in [0.25, 0.3) is 0 Å². The summed E-state index contributed by atoms with van der Waals surface area (Å²) < 4.78 is 8.45. The molecule has 0 amide bonds. The molecule has 7 nitrogen and oxygen atoms in total. The van der Waals surface area contributed by atoms with Crippen LogP contribution in [0.4, 0.5) is 5.82 Å². The van der Waals surface area contributed by atoms with E-state index in [1.165, 1.54) is 4.68 Å². The standard InChI is InChI=1S/C11H15N5O2/c1-9-13-3-5-15(9)6-7-18-11(17)8-16-4-2-10(12)14-16/h2-5H,6-8H2,1H3,(H2,12,14). The minimum Gasteiger partial charge on any atom is -0.462 e. The van der Waals surface area contributed by atoms with Gasteiger partial charge in [-0.3, -0.25) is 9.48 Å². The highest BCUT2D eigenvalue weighted by Crippen LogP contribution is 1.98. The summed E-state index contributed by atoms with van der Waals surface area (Å²) in [6, 6.07) is 1.63. The Morgan fingerprint density at radius 1 is 1.50 bits per heavy atom. The number of hydrogen-bond donors (Lipinski definition) is 1. The molecule has 0 bridgehead atoms. The van der Waals surface area contributed by atoms with Gasteiger partial charge in [0.1, 0.15) is 24.8 Å². The Labute approximate surface area is 104 Å². The maximum Gasteiger partial charge on any atom is 0.327 e. The van der Waals surface area contributed by atoms with Crippen molar-refractivity contribution < 1.29 is 9.53 Å². The molecule has 7 heteroatoms. The third kappa shape index (κ3) is 3.09. The summed E-state index contributed by atoms with van der Waals surface area (Å²) in [4.78, 5) is 15.6. The van der Waals surface area contributed by atoms with Crippen molar-refractivity contribution in [2.24, 2.45) is 0 Å². The van der Waals surface area contributed by atoms with E-state index in [9.17, 15) is 4.79 Å². The van der Waals surface area contributed by atoms with Gasteiger partial charge in [0.15, 0.2) is 0 Å². The second-order valence-electron chi connectivity index (χ2n) is 3.83. The van der Waals surface area contributed by atoms with E-state index in [0.29, 0.717) is 19.0 Å². The Hall–Kier alpha value is -2.31. The third-order valence-corrected chi connectivity index (χ3v) is 2.47. The minimum atomic E-state index is -0.337. The fourth-order valence-electron chi connectivity index (χ4n) is 1.54. The van der Waals surface area contributed by atoms with Crippen molar-refractivity contribution in [2.75, 3.05) is 12.3 Å². The quantitative estimate of drug-likeness (QED) is 0.765. The summed E-state index contributed by atoms with van der Waals surface area (Å²) in [6.07, 6.45) is 5.19. The van der Waals surface area contributed by atoms with Gasteiger partial charge >= 0.3 is 5.97 Å².